The number of aromatic nitrogens is 2. The fourth-order valence-electron chi connectivity index (χ4n) is 2.07. The average molecular weight is 281 g/mol. The molecule has 0 saturated carbocycles. The zero-order chi connectivity index (χ0) is 14.7. The molecule has 2 unspecified atom stereocenters. The minimum atomic E-state index is -0.552. The molecule has 110 valence electrons. The smallest absolute Gasteiger partial charge is 0.412 e. The Morgan fingerprint density at radius 3 is 3.05 bits per heavy atom. The highest BCUT2D eigenvalue weighted by Gasteiger charge is 2.26. The molecule has 0 radical (unpaired) electrons. The maximum atomic E-state index is 11.6. The number of carbonyl (C=O) groups is 2. The summed E-state index contributed by atoms with van der Waals surface area (Å²) in [5.41, 5.74) is 0.728. The van der Waals surface area contributed by atoms with Crippen LogP contribution in [0.2, 0.25) is 0 Å². The van der Waals surface area contributed by atoms with Crippen molar-refractivity contribution in [3.63, 3.8) is 0 Å². The summed E-state index contributed by atoms with van der Waals surface area (Å²) in [5.74, 6) is 0.407. The van der Waals surface area contributed by atoms with Crippen LogP contribution in [-0.2, 0) is 9.53 Å². The standard InChI is InChI=1S/C12H19N5O3/c1-4-20-12(19)14-9-5-8(3)16-17(9)11-13-7(2)6-10(18)15-11/h5,7,11,13H,4,6H2,1-3H3,(H,14,19)(H,15,18). The van der Waals surface area contributed by atoms with Crippen molar-refractivity contribution in [2.45, 2.75) is 39.5 Å². The highest BCUT2D eigenvalue weighted by Crippen LogP contribution is 2.17. The van der Waals surface area contributed by atoms with Crippen LogP contribution < -0.4 is 16.0 Å². The summed E-state index contributed by atoms with van der Waals surface area (Å²) in [7, 11) is 0. The van der Waals surface area contributed by atoms with Crippen molar-refractivity contribution in [2.75, 3.05) is 11.9 Å². The lowest BCUT2D eigenvalue weighted by atomic mass is 10.2. The molecule has 2 rings (SSSR count). The Bertz CT molecular complexity index is 513. The van der Waals surface area contributed by atoms with E-state index in [1.54, 1.807) is 19.9 Å². The first kappa shape index (κ1) is 14.3. The zero-order valence-electron chi connectivity index (χ0n) is 11.8. The number of carbonyl (C=O) groups excluding carboxylic acids is 2. The quantitative estimate of drug-likeness (QED) is 0.758. The van der Waals surface area contributed by atoms with Gasteiger partial charge in [0.05, 0.1) is 12.3 Å². The molecule has 1 aromatic rings. The summed E-state index contributed by atoms with van der Waals surface area (Å²) >= 11 is 0. The van der Waals surface area contributed by atoms with E-state index in [0.717, 1.165) is 5.69 Å². The molecule has 2 atom stereocenters. The van der Waals surface area contributed by atoms with E-state index in [9.17, 15) is 9.59 Å². The Balaban J connectivity index is 2.18. The van der Waals surface area contributed by atoms with Gasteiger partial charge in [-0.3, -0.25) is 15.4 Å². The summed E-state index contributed by atoms with van der Waals surface area (Å²) in [6.45, 7) is 5.74. The van der Waals surface area contributed by atoms with Crippen molar-refractivity contribution in [1.82, 2.24) is 20.4 Å². The summed E-state index contributed by atoms with van der Waals surface area (Å²) in [5, 5.41) is 12.9. The molecule has 8 nitrogen and oxygen atoms in total. The number of aryl methyl sites for hydroxylation is 1. The number of nitrogens with zero attached hydrogens (tertiary/aromatic N) is 2. The van der Waals surface area contributed by atoms with E-state index in [4.69, 9.17) is 4.74 Å². The molecular formula is C12H19N5O3. The second kappa shape index (κ2) is 5.91. The van der Waals surface area contributed by atoms with E-state index in [1.807, 2.05) is 6.92 Å². The van der Waals surface area contributed by atoms with Crippen molar-refractivity contribution in [2.24, 2.45) is 0 Å². The molecule has 0 spiro atoms. The highest BCUT2D eigenvalue weighted by molar-refractivity contribution is 5.83. The SMILES string of the molecule is CCOC(=O)Nc1cc(C)nn1C1NC(=O)CC(C)N1. The summed E-state index contributed by atoms with van der Waals surface area (Å²) in [4.78, 5) is 23.1. The van der Waals surface area contributed by atoms with Gasteiger partial charge in [0, 0.05) is 18.5 Å². The minimum absolute atomic E-state index is 0.0358. The Morgan fingerprint density at radius 2 is 2.40 bits per heavy atom. The van der Waals surface area contributed by atoms with E-state index < -0.39 is 12.4 Å². The molecule has 8 heteroatoms. The fourth-order valence-corrected chi connectivity index (χ4v) is 2.07. The number of amides is 2. The minimum Gasteiger partial charge on any atom is -0.450 e. The number of nitrogens with one attached hydrogen (secondary N) is 3. The van der Waals surface area contributed by atoms with Crippen molar-refractivity contribution >= 4 is 17.8 Å². The number of anilines is 1. The Morgan fingerprint density at radius 1 is 1.65 bits per heavy atom. The zero-order valence-corrected chi connectivity index (χ0v) is 11.8. The van der Waals surface area contributed by atoms with Crippen molar-refractivity contribution < 1.29 is 14.3 Å². The van der Waals surface area contributed by atoms with E-state index in [1.165, 1.54) is 4.68 Å². The van der Waals surface area contributed by atoms with Gasteiger partial charge in [-0.25, -0.2) is 9.48 Å². The summed E-state index contributed by atoms with van der Waals surface area (Å²) in [6, 6.07) is 1.75. The molecule has 1 saturated heterocycles. The predicted octanol–water partition coefficient (Wildman–Crippen LogP) is 0.714. The van der Waals surface area contributed by atoms with Gasteiger partial charge in [0.15, 0.2) is 6.29 Å². The predicted molar refractivity (Wildman–Crippen MR) is 72.0 cm³/mol. The molecule has 1 aliphatic rings. The average Bonchev–Trinajstić information content (AvgIpc) is 2.69. The fraction of sp³-hybridized carbons (Fsp3) is 0.583. The van der Waals surface area contributed by atoms with Crippen LogP contribution in [0.5, 0.6) is 0 Å². The van der Waals surface area contributed by atoms with Gasteiger partial charge in [-0.05, 0) is 20.8 Å². The van der Waals surface area contributed by atoms with Gasteiger partial charge in [-0.1, -0.05) is 0 Å². The largest absolute Gasteiger partial charge is 0.450 e. The van der Waals surface area contributed by atoms with Crippen LogP contribution >= 0.6 is 0 Å². The van der Waals surface area contributed by atoms with Crippen LogP contribution in [0.3, 0.4) is 0 Å². The number of rotatable bonds is 3. The molecule has 1 aromatic heterocycles. The molecule has 1 aliphatic heterocycles. The van der Waals surface area contributed by atoms with Gasteiger partial charge in [-0.2, -0.15) is 5.10 Å². The van der Waals surface area contributed by atoms with Crippen molar-refractivity contribution in [3.8, 4) is 0 Å². The highest BCUT2D eigenvalue weighted by atomic mass is 16.5. The third-order valence-corrected chi connectivity index (χ3v) is 2.84. The first-order valence-electron chi connectivity index (χ1n) is 6.55. The molecule has 0 aliphatic carbocycles. The third kappa shape index (κ3) is 3.27. The third-order valence-electron chi connectivity index (χ3n) is 2.84. The summed E-state index contributed by atoms with van der Waals surface area (Å²) in [6.07, 6.45) is -0.627. The van der Waals surface area contributed by atoms with Crippen LogP contribution in [0.4, 0.5) is 10.6 Å². The number of hydrogen-bond donors (Lipinski definition) is 3. The lowest BCUT2D eigenvalue weighted by molar-refractivity contribution is -0.125. The molecular weight excluding hydrogens is 262 g/mol. The van der Waals surface area contributed by atoms with Gasteiger partial charge in [0.2, 0.25) is 5.91 Å². The van der Waals surface area contributed by atoms with E-state index in [-0.39, 0.29) is 18.6 Å². The molecule has 0 aromatic carbocycles. The molecule has 3 N–H and O–H groups in total. The van der Waals surface area contributed by atoms with Gasteiger partial charge >= 0.3 is 6.09 Å². The first-order chi connectivity index (χ1) is 9.49. The monoisotopic (exact) mass is 281 g/mol. The van der Waals surface area contributed by atoms with Crippen LogP contribution in [0, 0.1) is 6.92 Å². The lowest BCUT2D eigenvalue weighted by Crippen LogP contribution is -2.52. The molecule has 2 amide bonds. The van der Waals surface area contributed by atoms with Crippen LogP contribution in [0.15, 0.2) is 6.07 Å². The molecule has 2 heterocycles. The van der Waals surface area contributed by atoms with Crippen LogP contribution in [0.1, 0.15) is 32.3 Å². The van der Waals surface area contributed by atoms with E-state index in [2.05, 4.69) is 21.0 Å². The molecule has 20 heavy (non-hydrogen) atoms. The maximum Gasteiger partial charge on any atom is 0.412 e. The lowest BCUT2D eigenvalue weighted by Gasteiger charge is -2.30. The normalized spacial score (nSPS) is 22.2. The second-order valence-electron chi connectivity index (χ2n) is 4.70. The van der Waals surface area contributed by atoms with Crippen LogP contribution in [0.25, 0.3) is 0 Å². The number of hydrogen-bond acceptors (Lipinski definition) is 5. The Labute approximate surface area is 116 Å². The van der Waals surface area contributed by atoms with Crippen molar-refractivity contribution in [3.05, 3.63) is 11.8 Å². The summed E-state index contributed by atoms with van der Waals surface area (Å²) < 4.78 is 6.37. The van der Waals surface area contributed by atoms with Crippen molar-refractivity contribution in [1.29, 1.82) is 0 Å². The molecule has 1 fully saturated rings. The second-order valence-corrected chi connectivity index (χ2v) is 4.70. The van der Waals surface area contributed by atoms with Gasteiger partial charge in [-0.15, -0.1) is 0 Å². The van der Waals surface area contributed by atoms with Gasteiger partial charge in [0.1, 0.15) is 5.82 Å². The first-order valence-corrected chi connectivity index (χ1v) is 6.55. The van der Waals surface area contributed by atoms with Gasteiger partial charge < -0.3 is 10.1 Å². The molecule has 0 bridgehead atoms. The van der Waals surface area contributed by atoms with E-state index in [0.29, 0.717) is 12.2 Å². The van der Waals surface area contributed by atoms with Gasteiger partial charge in [0.25, 0.3) is 0 Å². The topological polar surface area (TPSA) is 97.3 Å². The van der Waals surface area contributed by atoms with Crippen LogP contribution in [-0.4, -0.2) is 34.4 Å². The Hall–Kier alpha value is -2.09. The Kier molecular flexibility index (Phi) is 4.23. The number of ether oxygens (including phenoxy) is 1. The van der Waals surface area contributed by atoms with E-state index >= 15 is 0 Å². The maximum absolute atomic E-state index is 11.6.